The van der Waals surface area contributed by atoms with Crippen molar-refractivity contribution in [2.45, 2.75) is 44.9 Å². The first-order valence-electron chi connectivity index (χ1n) is 5.53. The second kappa shape index (κ2) is 4.24. The molecule has 0 radical (unpaired) electrons. The van der Waals surface area contributed by atoms with Crippen LogP contribution in [0.3, 0.4) is 0 Å². The van der Waals surface area contributed by atoms with Gasteiger partial charge >= 0.3 is 0 Å². The molecular formula is C12H19NOS. The van der Waals surface area contributed by atoms with Crippen molar-refractivity contribution in [2.75, 3.05) is 6.54 Å². The Balaban J connectivity index is 2.02. The zero-order valence-electron chi connectivity index (χ0n) is 9.44. The first-order valence-corrected chi connectivity index (χ1v) is 6.41. The Morgan fingerprint density at radius 1 is 1.60 bits per heavy atom. The Labute approximate surface area is 95.5 Å². The molecule has 1 atom stereocenters. The zero-order chi connectivity index (χ0) is 10.9. The minimum absolute atomic E-state index is 0.111. The molecule has 84 valence electrons. The normalized spacial score (nSPS) is 26.7. The van der Waals surface area contributed by atoms with Crippen molar-refractivity contribution in [1.29, 1.82) is 0 Å². The van der Waals surface area contributed by atoms with Crippen LogP contribution in [0, 0.1) is 0 Å². The molecule has 1 aromatic rings. The first-order chi connectivity index (χ1) is 7.08. The van der Waals surface area contributed by atoms with Gasteiger partial charge in [0.1, 0.15) is 0 Å². The van der Waals surface area contributed by atoms with Crippen molar-refractivity contribution >= 4 is 11.3 Å². The second-order valence-electron chi connectivity index (χ2n) is 4.96. The summed E-state index contributed by atoms with van der Waals surface area (Å²) in [5.41, 5.74) is 0.127. The molecule has 0 amide bonds. The van der Waals surface area contributed by atoms with E-state index in [4.69, 9.17) is 0 Å². The molecule has 0 saturated carbocycles. The van der Waals surface area contributed by atoms with E-state index in [0.29, 0.717) is 0 Å². The van der Waals surface area contributed by atoms with Crippen molar-refractivity contribution in [2.24, 2.45) is 0 Å². The molecule has 3 heteroatoms. The van der Waals surface area contributed by atoms with Gasteiger partial charge in [-0.05, 0) is 38.1 Å². The Morgan fingerprint density at radius 3 is 3.00 bits per heavy atom. The van der Waals surface area contributed by atoms with Gasteiger partial charge in [0.25, 0.3) is 0 Å². The summed E-state index contributed by atoms with van der Waals surface area (Å²) in [7, 11) is 0. The second-order valence-corrected chi connectivity index (χ2v) is 5.99. The summed E-state index contributed by atoms with van der Waals surface area (Å²) in [5.74, 6) is 0. The maximum Gasteiger partial charge on any atom is 0.0569 e. The van der Waals surface area contributed by atoms with E-state index in [2.05, 4.69) is 36.3 Å². The first kappa shape index (κ1) is 11.1. The van der Waals surface area contributed by atoms with Crippen molar-refractivity contribution in [3.8, 4) is 0 Å². The lowest BCUT2D eigenvalue weighted by Crippen LogP contribution is -2.50. The Morgan fingerprint density at radius 2 is 2.40 bits per heavy atom. The van der Waals surface area contributed by atoms with Gasteiger partial charge in [-0.25, -0.2) is 0 Å². The van der Waals surface area contributed by atoms with E-state index in [1.807, 2.05) is 11.3 Å². The molecule has 2 nitrogen and oxygen atoms in total. The SMILES string of the molecule is CC1(C)CC(O)CCN1Cc1cccs1. The average molecular weight is 225 g/mol. The topological polar surface area (TPSA) is 23.5 Å². The van der Waals surface area contributed by atoms with E-state index in [9.17, 15) is 5.11 Å². The molecule has 2 rings (SSSR count). The maximum atomic E-state index is 9.66. The molecule has 15 heavy (non-hydrogen) atoms. The number of hydrogen-bond acceptors (Lipinski definition) is 3. The molecule has 1 aliphatic rings. The van der Waals surface area contributed by atoms with Crippen LogP contribution in [-0.4, -0.2) is 28.2 Å². The highest BCUT2D eigenvalue weighted by atomic mass is 32.1. The maximum absolute atomic E-state index is 9.66. The third-order valence-corrected chi connectivity index (χ3v) is 4.11. The molecule has 1 aliphatic heterocycles. The molecule has 1 fully saturated rings. The van der Waals surface area contributed by atoms with Gasteiger partial charge in [-0.2, -0.15) is 0 Å². The van der Waals surface area contributed by atoms with E-state index in [0.717, 1.165) is 25.9 Å². The predicted octanol–water partition coefficient (Wildman–Crippen LogP) is 2.48. The van der Waals surface area contributed by atoms with E-state index in [1.165, 1.54) is 4.88 Å². The van der Waals surface area contributed by atoms with E-state index < -0.39 is 0 Å². The predicted molar refractivity (Wildman–Crippen MR) is 64.0 cm³/mol. The summed E-state index contributed by atoms with van der Waals surface area (Å²) in [4.78, 5) is 3.89. The van der Waals surface area contributed by atoms with Crippen LogP contribution >= 0.6 is 11.3 Å². The monoisotopic (exact) mass is 225 g/mol. The van der Waals surface area contributed by atoms with Crippen LogP contribution < -0.4 is 0 Å². The van der Waals surface area contributed by atoms with Gasteiger partial charge < -0.3 is 5.11 Å². The molecule has 1 saturated heterocycles. The average Bonchev–Trinajstić information content (AvgIpc) is 2.61. The Bertz CT molecular complexity index is 307. The lowest BCUT2D eigenvalue weighted by Gasteiger charge is -2.44. The minimum atomic E-state index is -0.111. The molecule has 0 aliphatic carbocycles. The third-order valence-electron chi connectivity index (χ3n) is 3.25. The minimum Gasteiger partial charge on any atom is -0.393 e. The van der Waals surface area contributed by atoms with Crippen LogP contribution in [0.4, 0.5) is 0 Å². The Kier molecular flexibility index (Phi) is 3.14. The zero-order valence-corrected chi connectivity index (χ0v) is 10.3. The number of aliphatic hydroxyl groups excluding tert-OH is 1. The van der Waals surface area contributed by atoms with Gasteiger partial charge in [-0.3, -0.25) is 4.90 Å². The van der Waals surface area contributed by atoms with Gasteiger partial charge in [0.2, 0.25) is 0 Å². The number of piperidine rings is 1. The fourth-order valence-corrected chi connectivity index (χ4v) is 3.02. The van der Waals surface area contributed by atoms with Gasteiger partial charge in [0.05, 0.1) is 6.10 Å². The summed E-state index contributed by atoms with van der Waals surface area (Å²) in [5, 5.41) is 11.8. The smallest absolute Gasteiger partial charge is 0.0569 e. The molecular weight excluding hydrogens is 206 g/mol. The van der Waals surface area contributed by atoms with Gasteiger partial charge in [-0.15, -0.1) is 11.3 Å². The standard InChI is InChI=1S/C12H19NOS/c1-12(2)8-10(14)5-6-13(12)9-11-4-3-7-15-11/h3-4,7,10,14H,5-6,8-9H2,1-2H3. The highest BCUT2D eigenvalue weighted by Crippen LogP contribution is 2.29. The molecule has 1 N–H and O–H groups in total. The van der Waals surface area contributed by atoms with Crippen molar-refractivity contribution in [1.82, 2.24) is 4.90 Å². The van der Waals surface area contributed by atoms with Crippen LogP contribution in [-0.2, 0) is 6.54 Å². The fourth-order valence-electron chi connectivity index (χ4n) is 2.30. The molecule has 0 spiro atoms. The molecule has 2 heterocycles. The number of aliphatic hydroxyl groups is 1. The largest absolute Gasteiger partial charge is 0.393 e. The van der Waals surface area contributed by atoms with Gasteiger partial charge in [0, 0.05) is 23.5 Å². The fraction of sp³-hybridized carbons (Fsp3) is 0.667. The molecule has 1 unspecified atom stereocenters. The lowest BCUT2D eigenvalue weighted by molar-refractivity contribution is -0.00662. The van der Waals surface area contributed by atoms with Crippen molar-refractivity contribution < 1.29 is 5.11 Å². The van der Waals surface area contributed by atoms with E-state index in [-0.39, 0.29) is 11.6 Å². The Hall–Kier alpha value is -0.380. The van der Waals surface area contributed by atoms with Crippen molar-refractivity contribution in [3.63, 3.8) is 0 Å². The van der Waals surface area contributed by atoms with Crippen LogP contribution in [0.15, 0.2) is 17.5 Å². The number of rotatable bonds is 2. The van der Waals surface area contributed by atoms with E-state index >= 15 is 0 Å². The number of thiophene rings is 1. The van der Waals surface area contributed by atoms with Gasteiger partial charge in [0.15, 0.2) is 0 Å². The van der Waals surface area contributed by atoms with Crippen LogP contribution in [0.1, 0.15) is 31.6 Å². The molecule has 0 bridgehead atoms. The third kappa shape index (κ3) is 2.60. The van der Waals surface area contributed by atoms with Crippen LogP contribution in [0.5, 0.6) is 0 Å². The van der Waals surface area contributed by atoms with Gasteiger partial charge in [-0.1, -0.05) is 6.07 Å². The number of nitrogens with zero attached hydrogens (tertiary/aromatic N) is 1. The highest BCUT2D eigenvalue weighted by molar-refractivity contribution is 7.09. The lowest BCUT2D eigenvalue weighted by atomic mass is 9.88. The summed E-state index contributed by atoms with van der Waals surface area (Å²) < 4.78 is 0. The highest BCUT2D eigenvalue weighted by Gasteiger charge is 2.33. The summed E-state index contributed by atoms with van der Waals surface area (Å²) in [6, 6.07) is 4.29. The van der Waals surface area contributed by atoms with Crippen molar-refractivity contribution in [3.05, 3.63) is 22.4 Å². The number of hydrogen-bond donors (Lipinski definition) is 1. The summed E-state index contributed by atoms with van der Waals surface area (Å²) >= 11 is 1.81. The quantitative estimate of drug-likeness (QED) is 0.836. The van der Waals surface area contributed by atoms with Crippen LogP contribution in [0.2, 0.25) is 0 Å². The van der Waals surface area contributed by atoms with E-state index in [1.54, 1.807) is 0 Å². The summed E-state index contributed by atoms with van der Waals surface area (Å²) in [6.07, 6.45) is 1.69. The summed E-state index contributed by atoms with van der Waals surface area (Å²) in [6.45, 7) is 6.48. The van der Waals surface area contributed by atoms with Crippen LogP contribution in [0.25, 0.3) is 0 Å². The molecule has 0 aromatic carbocycles. The molecule has 1 aromatic heterocycles. The number of likely N-dealkylation sites (tertiary alicyclic amines) is 1.